The Balaban J connectivity index is 1.70. The number of anilines is 3. The molecule has 0 aromatic heterocycles. The van der Waals surface area contributed by atoms with E-state index in [0.717, 1.165) is 33.0 Å². The minimum Gasteiger partial charge on any atom is -0.310 e. The summed E-state index contributed by atoms with van der Waals surface area (Å²) in [7, 11) is -3.07. The topological polar surface area (TPSA) is 20.3 Å². The first-order valence-electron chi connectivity index (χ1n) is 11.8. The van der Waals surface area contributed by atoms with Crippen molar-refractivity contribution in [3.63, 3.8) is 0 Å². The summed E-state index contributed by atoms with van der Waals surface area (Å²) >= 11 is 0. The number of benzene rings is 5. The molecule has 0 atom stereocenters. The fraction of sp³-hybridized carbons (Fsp3) is 0.0625. The second-order valence-corrected chi connectivity index (χ2v) is 11.6. The summed E-state index contributed by atoms with van der Waals surface area (Å²) in [5.41, 5.74) is 5.52. The first-order valence-corrected chi connectivity index (χ1v) is 13.5. The highest BCUT2D eigenvalue weighted by Crippen LogP contribution is 2.44. The molecule has 0 unspecified atom stereocenters. The SMILES string of the molecule is Cc1ccc(N(c2ccc(C)cc2)c2cccc(P(=O)(c3ccccc3)c3ccccc3)c2)cc1. The standard InChI is InChI=1S/C32H28NOP/c1-25-16-20-27(21-17-25)33(28-22-18-26(2)19-23-28)29-10-9-15-32(24-29)35(34,30-11-5-3-6-12-30)31-13-7-4-8-14-31/h3-24H,1-2H3. The molecule has 0 saturated carbocycles. The van der Waals surface area contributed by atoms with Crippen LogP contribution < -0.4 is 20.8 Å². The molecule has 2 nitrogen and oxygen atoms in total. The van der Waals surface area contributed by atoms with E-state index in [9.17, 15) is 4.57 Å². The van der Waals surface area contributed by atoms with E-state index in [1.165, 1.54) is 11.1 Å². The van der Waals surface area contributed by atoms with Crippen LogP contribution in [0.15, 0.2) is 133 Å². The van der Waals surface area contributed by atoms with Gasteiger partial charge in [-0.2, -0.15) is 0 Å². The Hall–Kier alpha value is -3.87. The van der Waals surface area contributed by atoms with Crippen LogP contribution in [0.25, 0.3) is 0 Å². The van der Waals surface area contributed by atoms with Crippen LogP contribution in [-0.2, 0) is 4.57 Å². The molecule has 0 bridgehead atoms. The van der Waals surface area contributed by atoms with E-state index < -0.39 is 7.14 Å². The largest absolute Gasteiger partial charge is 0.310 e. The van der Waals surface area contributed by atoms with Gasteiger partial charge in [0.15, 0.2) is 7.14 Å². The van der Waals surface area contributed by atoms with E-state index in [2.05, 4.69) is 79.4 Å². The second kappa shape index (κ2) is 9.78. The van der Waals surface area contributed by atoms with Crippen molar-refractivity contribution in [3.05, 3.63) is 145 Å². The number of hydrogen-bond donors (Lipinski definition) is 0. The number of hydrogen-bond acceptors (Lipinski definition) is 2. The van der Waals surface area contributed by atoms with Crippen molar-refractivity contribution in [2.24, 2.45) is 0 Å². The molecule has 35 heavy (non-hydrogen) atoms. The lowest BCUT2D eigenvalue weighted by Gasteiger charge is -2.27. The Morgan fingerprint density at radius 3 is 1.34 bits per heavy atom. The highest BCUT2D eigenvalue weighted by molar-refractivity contribution is 7.85. The lowest BCUT2D eigenvalue weighted by atomic mass is 10.1. The van der Waals surface area contributed by atoms with E-state index in [-0.39, 0.29) is 0 Å². The van der Waals surface area contributed by atoms with Gasteiger partial charge in [-0.15, -0.1) is 0 Å². The highest BCUT2D eigenvalue weighted by atomic mass is 31.2. The predicted molar refractivity (Wildman–Crippen MR) is 150 cm³/mol. The van der Waals surface area contributed by atoms with Gasteiger partial charge in [0.25, 0.3) is 0 Å². The molecule has 0 amide bonds. The molecule has 0 aliphatic rings. The van der Waals surface area contributed by atoms with E-state index in [0.29, 0.717) is 0 Å². The summed E-state index contributed by atoms with van der Waals surface area (Å²) in [6.07, 6.45) is 0. The van der Waals surface area contributed by atoms with Gasteiger partial charge < -0.3 is 9.46 Å². The Kier molecular flexibility index (Phi) is 6.40. The van der Waals surface area contributed by atoms with Crippen molar-refractivity contribution >= 4 is 40.1 Å². The van der Waals surface area contributed by atoms with Crippen LogP contribution in [0.2, 0.25) is 0 Å². The van der Waals surface area contributed by atoms with Crippen LogP contribution in [-0.4, -0.2) is 0 Å². The lowest BCUT2D eigenvalue weighted by molar-refractivity contribution is 0.592. The van der Waals surface area contributed by atoms with Gasteiger partial charge in [0, 0.05) is 33.0 Å². The molecular formula is C32H28NOP. The molecule has 5 aromatic rings. The van der Waals surface area contributed by atoms with Gasteiger partial charge in [0.05, 0.1) is 0 Å². The first kappa shape index (κ1) is 22.9. The third kappa shape index (κ3) is 4.58. The molecule has 172 valence electrons. The van der Waals surface area contributed by atoms with Crippen molar-refractivity contribution in [2.45, 2.75) is 13.8 Å². The molecular weight excluding hydrogens is 445 g/mol. The maximum Gasteiger partial charge on any atom is 0.171 e. The minimum absolute atomic E-state index is 0.816. The van der Waals surface area contributed by atoms with Crippen LogP contribution in [0.1, 0.15) is 11.1 Å². The maximum atomic E-state index is 14.9. The van der Waals surface area contributed by atoms with Gasteiger partial charge in [-0.25, -0.2) is 0 Å². The van der Waals surface area contributed by atoms with Crippen LogP contribution in [0, 0.1) is 13.8 Å². The summed E-state index contributed by atoms with van der Waals surface area (Å²) in [5.74, 6) is 0. The average molecular weight is 474 g/mol. The Morgan fingerprint density at radius 2 is 0.886 bits per heavy atom. The Morgan fingerprint density at radius 1 is 0.457 bits per heavy atom. The molecule has 0 heterocycles. The van der Waals surface area contributed by atoms with Gasteiger partial charge in [-0.05, 0) is 50.2 Å². The molecule has 5 rings (SSSR count). The van der Waals surface area contributed by atoms with Gasteiger partial charge in [0.1, 0.15) is 0 Å². The van der Waals surface area contributed by atoms with E-state index in [4.69, 9.17) is 0 Å². The smallest absolute Gasteiger partial charge is 0.171 e. The Labute approximate surface area is 207 Å². The number of aryl methyl sites for hydroxylation is 2. The number of rotatable bonds is 6. The summed E-state index contributed by atoms with van der Waals surface area (Å²) in [5, 5.41) is 2.48. The predicted octanol–water partition coefficient (Wildman–Crippen LogP) is 7.41. The van der Waals surface area contributed by atoms with Crippen molar-refractivity contribution in [3.8, 4) is 0 Å². The fourth-order valence-corrected chi connectivity index (χ4v) is 7.07. The van der Waals surface area contributed by atoms with Crippen molar-refractivity contribution < 1.29 is 4.57 Å². The van der Waals surface area contributed by atoms with E-state index in [1.54, 1.807) is 0 Å². The van der Waals surface area contributed by atoms with Gasteiger partial charge in [0.2, 0.25) is 0 Å². The first-order chi connectivity index (χ1) is 17.1. The minimum atomic E-state index is -3.07. The third-order valence-corrected chi connectivity index (χ3v) is 9.33. The van der Waals surface area contributed by atoms with Crippen LogP contribution in [0.4, 0.5) is 17.1 Å². The molecule has 5 aromatic carbocycles. The van der Waals surface area contributed by atoms with Crippen LogP contribution in [0.5, 0.6) is 0 Å². The lowest BCUT2D eigenvalue weighted by Crippen LogP contribution is -2.25. The zero-order valence-electron chi connectivity index (χ0n) is 20.0. The molecule has 0 saturated heterocycles. The van der Waals surface area contributed by atoms with Crippen molar-refractivity contribution in [2.75, 3.05) is 4.90 Å². The monoisotopic (exact) mass is 473 g/mol. The van der Waals surface area contributed by atoms with Crippen LogP contribution >= 0.6 is 7.14 Å². The van der Waals surface area contributed by atoms with Gasteiger partial charge >= 0.3 is 0 Å². The maximum absolute atomic E-state index is 14.9. The molecule has 0 radical (unpaired) electrons. The van der Waals surface area contributed by atoms with Crippen molar-refractivity contribution in [1.29, 1.82) is 0 Å². The molecule has 0 fully saturated rings. The molecule has 0 N–H and O–H groups in total. The zero-order valence-corrected chi connectivity index (χ0v) is 20.9. The normalized spacial score (nSPS) is 11.3. The molecule has 3 heteroatoms. The molecule has 0 spiro atoms. The molecule has 0 aliphatic heterocycles. The van der Waals surface area contributed by atoms with E-state index in [1.807, 2.05) is 72.8 Å². The quantitative estimate of drug-likeness (QED) is 0.239. The van der Waals surface area contributed by atoms with Crippen LogP contribution in [0.3, 0.4) is 0 Å². The van der Waals surface area contributed by atoms with E-state index >= 15 is 0 Å². The van der Waals surface area contributed by atoms with Gasteiger partial charge in [-0.3, -0.25) is 0 Å². The summed E-state index contributed by atoms with van der Waals surface area (Å²) in [6.45, 7) is 4.19. The second-order valence-electron chi connectivity index (χ2n) is 8.81. The summed E-state index contributed by atoms with van der Waals surface area (Å²) in [6, 6.07) is 44.9. The number of nitrogens with zero attached hydrogens (tertiary/aromatic N) is 1. The highest BCUT2D eigenvalue weighted by Gasteiger charge is 2.30. The van der Waals surface area contributed by atoms with Crippen molar-refractivity contribution in [1.82, 2.24) is 0 Å². The fourth-order valence-electron chi connectivity index (χ4n) is 4.39. The van der Waals surface area contributed by atoms with Gasteiger partial charge in [-0.1, -0.05) is 108 Å². The summed E-state index contributed by atoms with van der Waals surface area (Å²) < 4.78 is 14.9. The third-order valence-electron chi connectivity index (χ3n) is 6.28. The summed E-state index contributed by atoms with van der Waals surface area (Å²) in [4.78, 5) is 2.22. The average Bonchev–Trinajstić information content (AvgIpc) is 2.92. The Bertz CT molecular complexity index is 1370. The molecule has 0 aliphatic carbocycles. The zero-order chi connectivity index (χ0) is 24.3.